The summed E-state index contributed by atoms with van der Waals surface area (Å²) >= 11 is 0. The fourth-order valence-electron chi connectivity index (χ4n) is 3.70. The molecule has 0 saturated heterocycles. The van der Waals surface area contributed by atoms with E-state index in [1.807, 2.05) is 31.2 Å². The molecule has 3 N–H and O–H groups in total. The van der Waals surface area contributed by atoms with Gasteiger partial charge in [-0.3, -0.25) is 9.59 Å². The Morgan fingerprint density at radius 3 is 2.52 bits per heavy atom. The van der Waals surface area contributed by atoms with Gasteiger partial charge in [0.05, 0.1) is 5.69 Å². The number of hydrogen-bond acceptors (Lipinski definition) is 4. The van der Waals surface area contributed by atoms with Gasteiger partial charge >= 0.3 is 0 Å². The second-order valence-corrected chi connectivity index (χ2v) is 8.40. The van der Waals surface area contributed by atoms with Crippen molar-refractivity contribution in [2.45, 2.75) is 45.7 Å². The number of anilines is 2. The van der Waals surface area contributed by atoms with Crippen molar-refractivity contribution in [2.75, 3.05) is 10.6 Å². The Hall–Kier alpha value is -3.67. The molecule has 1 saturated carbocycles. The Balaban J connectivity index is 1.40. The molecule has 1 aliphatic rings. The van der Waals surface area contributed by atoms with E-state index in [1.165, 1.54) is 0 Å². The minimum absolute atomic E-state index is 0.00936. The van der Waals surface area contributed by atoms with E-state index in [1.54, 1.807) is 6.20 Å². The average Bonchev–Trinajstić information content (AvgIpc) is 3.68. The molecular formula is C27H30N4O2. The molecule has 6 heteroatoms. The van der Waals surface area contributed by atoms with E-state index < -0.39 is 0 Å². The Labute approximate surface area is 194 Å². The van der Waals surface area contributed by atoms with Crippen LogP contribution in [0.1, 0.15) is 43.7 Å². The summed E-state index contributed by atoms with van der Waals surface area (Å²) in [6.07, 6.45) is 5.01. The maximum Gasteiger partial charge on any atom is 0.224 e. The molecule has 0 aliphatic heterocycles. The van der Waals surface area contributed by atoms with Crippen molar-refractivity contribution in [3.05, 3.63) is 78.0 Å². The molecule has 1 heterocycles. The molecule has 0 atom stereocenters. The van der Waals surface area contributed by atoms with Crippen LogP contribution in [0.2, 0.25) is 0 Å². The second-order valence-electron chi connectivity index (χ2n) is 8.40. The summed E-state index contributed by atoms with van der Waals surface area (Å²) in [7, 11) is 0. The fraction of sp³-hybridized carbons (Fsp3) is 0.296. The summed E-state index contributed by atoms with van der Waals surface area (Å²) in [5, 5.41) is 9.31. The maximum absolute atomic E-state index is 12.0. The van der Waals surface area contributed by atoms with Crippen LogP contribution in [0.4, 0.5) is 11.5 Å². The van der Waals surface area contributed by atoms with Crippen molar-refractivity contribution in [3.8, 4) is 11.1 Å². The van der Waals surface area contributed by atoms with Gasteiger partial charge in [-0.2, -0.15) is 0 Å². The van der Waals surface area contributed by atoms with Crippen molar-refractivity contribution in [2.24, 2.45) is 5.92 Å². The van der Waals surface area contributed by atoms with Crippen molar-refractivity contribution in [1.82, 2.24) is 10.3 Å². The lowest BCUT2D eigenvalue weighted by atomic mass is 9.98. The van der Waals surface area contributed by atoms with Gasteiger partial charge in [0.1, 0.15) is 5.82 Å². The standard InChI is InChI=1S/C27H30N4O2/c1-2-6-25(32)31-24-9-5-16-28-26(24)29-17-19-10-12-20(13-11-19)23-8-4-3-7-22(23)18-30-27(33)21-14-15-21/h3-5,7-13,16,21H,2,6,14-15,17-18H2,1H3,(H,28,29)(H,30,33)(H,31,32). The lowest BCUT2D eigenvalue weighted by molar-refractivity contribution is -0.122. The van der Waals surface area contributed by atoms with Crippen molar-refractivity contribution < 1.29 is 9.59 Å². The summed E-state index contributed by atoms with van der Waals surface area (Å²) in [4.78, 5) is 28.4. The van der Waals surface area contributed by atoms with Crippen LogP contribution in [0.15, 0.2) is 66.9 Å². The van der Waals surface area contributed by atoms with E-state index in [-0.39, 0.29) is 17.7 Å². The summed E-state index contributed by atoms with van der Waals surface area (Å²) in [5.41, 5.74) is 5.14. The zero-order chi connectivity index (χ0) is 23.0. The molecule has 2 aromatic carbocycles. The Kier molecular flexibility index (Phi) is 7.35. The maximum atomic E-state index is 12.0. The Morgan fingerprint density at radius 1 is 0.970 bits per heavy atom. The predicted molar refractivity (Wildman–Crippen MR) is 132 cm³/mol. The predicted octanol–water partition coefficient (Wildman–Crippen LogP) is 5.13. The minimum Gasteiger partial charge on any atom is -0.364 e. The number of pyridine rings is 1. The number of carbonyl (C=O) groups is 2. The number of carbonyl (C=O) groups excluding carboxylic acids is 2. The molecule has 170 valence electrons. The van der Waals surface area contributed by atoms with E-state index >= 15 is 0 Å². The molecule has 6 nitrogen and oxygen atoms in total. The summed E-state index contributed by atoms with van der Waals surface area (Å²) in [6.45, 7) is 3.11. The van der Waals surface area contributed by atoms with Crippen molar-refractivity contribution in [1.29, 1.82) is 0 Å². The molecule has 4 rings (SSSR count). The number of aromatic nitrogens is 1. The van der Waals surface area contributed by atoms with Crippen LogP contribution in [0.25, 0.3) is 11.1 Å². The molecule has 0 spiro atoms. The second kappa shape index (κ2) is 10.8. The quantitative estimate of drug-likeness (QED) is 0.407. The molecule has 33 heavy (non-hydrogen) atoms. The van der Waals surface area contributed by atoms with Crippen LogP contribution >= 0.6 is 0 Å². The van der Waals surface area contributed by atoms with Crippen molar-refractivity contribution in [3.63, 3.8) is 0 Å². The van der Waals surface area contributed by atoms with Gasteiger partial charge in [0.15, 0.2) is 0 Å². The minimum atomic E-state index is -0.00936. The number of amides is 2. The van der Waals surface area contributed by atoms with Gasteiger partial charge in [-0.05, 0) is 53.6 Å². The van der Waals surface area contributed by atoms with Gasteiger partial charge in [-0.25, -0.2) is 4.98 Å². The first-order valence-electron chi connectivity index (χ1n) is 11.6. The van der Waals surface area contributed by atoms with Gasteiger partial charge in [-0.1, -0.05) is 55.5 Å². The topological polar surface area (TPSA) is 83.1 Å². The van der Waals surface area contributed by atoms with Gasteiger partial charge in [0.25, 0.3) is 0 Å². The van der Waals surface area contributed by atoms with Crippen LogP contribution in [-0.2, 0) is 22.7 Å². The summed E-state index contributed by atoms with van der Waals surface area (Å²) in [6, 6.07) is 20.2. The fourth-order valence-corrected chi connectivity index (χ4v) is 3.70. The van der Waals surface area contributed by atoms with Crippen LogP contribution < -0.4 is 16.0 Å². The molecule has 0 unspecified atom stereocenters. The SMILES string of the molecule is CCCC(=O)Nc1cccnc1NCc1ccc(-c2ccccc2CNC(=O)C2CC2)cc1. The normalized spacial score (nSPS) is 12.8. The number of rotatable bonds is 10. The van der Waals surface area contributed by atoms with E-state index in [0.29, 0.717) is 31.0 Å². The Morgan fingerprint density at radius 2 is 1.76 bits per heavy atom. The highest BCUT2D eigenvalue weighted by Crippen LogP contribution is 2.29. The number of benzene rings is 2. The zero-order valence-corrected chi connectivity index (χ0v) is 18.9. The van der Waals surface area contributed by atoms with Gasteiger partial charge in [-0.15, -0.1) is 0 Å². The molecule has 0 bridgehead atoms. The van der Waals surface area contributed by atoms with E-state index in [0.717, 1.165) is 41.5 Å². The number of nitrogens with zero attached hydrogens (tertiary/aromatic N) is 1. The number of nitrogens with one attached hydrogen (secondary N) is 3. The molecule has 2 amide bonds. The van der Waals surface area contributed by atoms with Crippen LogP contribution in [-0.4, -0.2) is 16.8 Å². The largest absolute Gasteiger partial charge is 0.364 e. The van der Waals surface area contributed by atoms with E-state index in [2.05, 4.69) is 57.3 Å². The Bertz CT molecular complexity index is 1110. The molecule has 1 fully saturated rings. The van der Waals surface area contributed by atoms with E-state index in [4.69, 9.17) is 0 Å². The third-order valence-corrected chi connectivity index (χ3v) is 5.70. The lowest BCUT2D eigenvalue weighted by Gasteiger charge is -2.13. The zero-order valence-electron chi connectivity index (χ0n) is 18.9. The first-order chi connectivity index (χ1) is 16.1. The van der Waals surface area contributed by atoms with Crippen LogP contribution in [0, 0.1) is 5.92 Å². The summed E-state index contributed by atoms with van der Waals surface area (Å²) < 4.78 is 0. The molecule has 1 aromatic heterocycles. The third-order valence-electron chi connectivity index (χ3n) is 5.70. The summed E-state index contributed by atoms with van der Waals surface area (Å²) in [5.74, 6) is 1.02. The molecule has 1 aliphatic carbocycles. The smallest absolute Gasteiger partial charge is 0.224 e. The van der Waals surface area contributed by atoms with Gasteiger partial charge < -0.3 is 16.0 Å². The van der Waals surface area contributed by atoms with Crippen molar-refractivity contribution >= 4 is 23.3 Å². The monoisotopic (exact) mass is 442 g/mol. The third kappa shape index (κ3) is 6.19. The first-order valence-corrected chi connectivity index (χ1v) is 11.6. The number of hydrogen-bond donors (Lipinski definition) is 3. The van der Waals surface area contributed by atoms with E-state index in [9.17, 15) is 9.59 Å². The van der Waals surface area contributed by atoms with Crippen LogP contribution in [0.3, 0.4) is 0 Å². The molecular weight excluding hydrogens is 412 g/mol. The highest BCUT2D eigenvalue weighted by atomic mass is 16.2. The molecule has 0 radical (unpaired) electrons. The highest BCUT2D eigenvalue weighted by molar-refractivity contribution is 5.93. The first kappa shape index (κ1) is 22.5. The lowest BCUT2D eigenvalue weighted by Crippen LogP contribution is -2.24. The van der Waals surface area contributed by atoms with Gasteiger partial charge in [0.2, 0.25) is 11.8 Å². The molecule has 3 aromatic rings. The highest BCUT2D eigenvalue weighted by Gasteiger charge is 2.29. The average molecular weight is 443 g/mol. The van der Waals surface area contributed by atoms with Crippen LogP contribution in [0.5, 0.6) is 0 Å². The van der Waals surface area contributed by atoms with Gasteiger partial charge in [0, 0.05) is 31.6 Å².